The molecule has 2 saturated heterocycles. The number of benzene rings is 1. The fourth-order valence-corrected chi connectivity index (χ4v) is 8.75. The first-order valence-electron chi connectivity index (χ1n) is 14.9. The van der Waals surface area contributed by atoms with E-state index in [1.54, 1.807) is 11.0 Å². The van der Waals surface area contributed by atoms with Crippen LogP contribution >= 0.6 is 0 Å². The maximum absolute atomic E-state index is 13.3. The lowest BCUT2D eigenvalue weighted by Gasteiger charge is -2.34. The van der Waals surface area contributed by atoms with Crippen molar-refractivity contribution < 1.29 is 23.9 Å². The lowest BCUT2D eigenvalue weighted by atomic mass is 9.79. The second-order valence-corrected chi connectivity index (χ2v) is 12.6. The number of rotatable bonds is 8. The number of ether oxygens (including phenoxy) is 1. The lowest BCUT2D eigenvalue weighted by molar-refractivity contribution is -0.137. The highest BCUT2D eigenvalue weighted by Crippen LogP contribution is 2.58. The van der Waals surface area contributed by atoms with E-state index in [9.17, 15) is 19.2 Å². The van der Waals surface area contributed by atoms with Crippen LogP contribution in [0.15, 0.2) is 18.2 Å². The van der Waals surface area contributed by atoms with Crippen molar-refractivity contribution in [1.29, 1.82) is 0 Å². The molecule has 1 aromatic carbocycles. The van der Waals surface area contributed by atoms with Gasteiger partial charge in [-0.15, -0.1) is 0 Å². The number of fused-ring (bicyclic) bond motifs is 1. The first-order valence-corrected chi connectivity index (χ1v) is 14.9. The molecule has 8 rings (SSSR count). The van der Waals surface area contributed by atoms with Gasteiger partial charge in [-0.3, -0.25) is 29.4 Å². The molecule has 4 bridgehead atoms. The standard InChI is InChI=1S/C30H38N4O5/c35-26-8-7-24(29(37)31-26)34-16-22-20(30(34)38)4-1-6-25(22)39-11-3-10-33-9-2-5-23(33)28(36)32-27-19-13-17-12-18(15-19)21(27)14-17/h1,4,6,17-19,21,23-24,27H,2-3,5,7-16H2,(H,32,36)(H,31,35,37). The monoisotopic (exact) mass is 534 g/mol. The van der Waals surface area contributed by atoms with Crippen LogP contribution in [0.25, 0.3) is 0 Å². The number of nitrogens with one attached hydrogen (secondary N) is 2. The summed E-state index contributed by atoms with van der Waals surface area (Å²) in [7, 11) is 0. The quantitative estimate of drug-likeness (QED) is 0.391. The first kappa shape index (κ1) is 25.1. The van der Waals surface area contributed by atoms with E-state index >= 15 is 0 Å². The summed E-state index contributed by atoms with van der Waals surface area (Å²) in [6.45, 7) is 2.53. The highest BCUT2D eigenvalue weighted by molar-refractivity contribution is 6.05. The molecule has 3 heterocycles. The molecule has 4 aliphatic carbocycles. The number of carbonyl (C=O) groups excluding carboxylic acids is 4. The van der Waals surface area contributed by atoms with Gasteiger partial charge >= 0.3 is 0 Å². The van der Waals surface area contributed by atoms with Gasteiger partial charge in [0.1, 0.15) is 11.8 Å². The summed E-state index contributed by atoms with van der Waals surface area (Å²) in [4.78, 5) is 54.1. The van der Waals surface area contributed by atoms with Gasteiger partial charge in [0.15, 0.2) is 0 Å². The fourth-order valence-electron chi connectivity index (χ4n) is 8.75. The van der Waals surface area contributed by atoms with Crippen LogP contribution in [0.5, 0.6) is 5.75 Å². The number of imide groups is 1. The molecule has 6 fully saturated rings. The third kappa shape index (κ3) is 4.42. The van der Waals surface area contributed by atoms with Crippen molar-refractivity contribution in [1.82, 2.24) is 20.4 Å². The van der Waals surface area contributed by atoms with E-state index < -0.39 is 11.9 Å². The summed E-state index contributed by atoms with van der Waals surface area (Å²) < 4.78 is 6.15. The third-order valence-electron chi connectivity index (χ3n) is 10.4. The Kier molecular flexibility index (Phi) is 6.37. The highest BCUT2D eigenvalue weighted by atomic mass is 16.5. The Balaban J connectivity index is 0.921. The van der Waals surface area contributed by atoms with Crippen LogP contribution in [0.1, 0.15) is 73.7 Å². The van der Waals surface area contributed by atoms with Crippen LogP contribution in [0.4, 0.5) is 0 Å². The Morgan fingerprint density at radius 1 is 1.08 bits per heavy atom. The molecule has 7 aliphatic rings. The van der Waals surface area contributed by atoms with Gasteiger partial charge in [0, 0.05) is 30.1 Å². The second-order valence-electron chi connectivity index (χ2n) is 12.6. The number of nitrogens with zero attached hydrogens (tertiary/aromatic N) is 2. The summed E-state index contributed by atoms with van der Waals surface area (Å²) in [6.07, 6.45) is 8.66. The zero-order valence-corrected chi connectivity index (χ0v) is 22.4. The Bertz CT molecular complexity index is 1200. The molecule has 0 radical (unpaired) electrons. The van der Waals surface area contributed by atoms with Crippen LogP contribution in [-0.4, -0.2) is 71.3 Å². The van der Waals surface area contributed by atoms with E-state index in [-0.39, 0.29) is 30.2 Å². The van der Waals surface area contributed by atoms with E-state index in [0.717, 1.165) is 49.8 Å². The van der Waals surface area contributed by atoms with E-state index in [0.29, 0.717) is 48.8 Å². The van der Waals surface area contributed by atoms with Crippen LogP contribution < -0.4 is 15.4 Å². The van der Waals surface area contributed by atoms with Gasteiger partial charge in [0.25, 0.3) is 5.91 Å². The Hall–Kier alpha value is -2.94. The van der Waals surface area contributed by atoms with Gasteiger partial charge in [-0.1, -0.05) is 6.07 Å². The summed E-state index contributed by atoms with van der Waals surface area (Å²) in [6, 6.07) is 5.17. The largest absolute Gasteiger partial charge is 0.493 e. The maximum Gasteiger partial charge on any atom is 0.255 e. The first-order chi connectivity index (χ1) is 19.0. The van der Waals surface area contributed by atoms with Crippen molar-refractivity contribution >= 4 is 23.6 Å². The number of amides is 4. The highest BCUT2D eigenvalue weighted by Gasteiger charge is 2.54. The van der Waals surface area contributed by atoms with Gasteiger partial charge in [-0.05, 0) is 93.7 Å². The molecule has 7 unspecified atom stereocenters. The molecule has 0 spiro atoms. The maximum atomic E-state index is 13.3. The minimum absolute atomic E-state index is 0.0398. The zero-order chi connectivity index (χ0) is 26.7. The van der Waals surface area contributed by atoms with Gasteiger partial charge in [-0.2, -0.15) is 0 Å². The van der Waals surface area contributed by atoms with Crippen LogP contribution in [-0.2, 0) is 20.9 Å². The predicted octanol–water partition coefficient (Wildman–Crippen LogP) is 2.23. The molecule has 9 heteroatoms. The molecule has 0 aromatic heterocycles. The minimum atomic E-state index is -0.636. The summed E-state index contributed by atoms with van der Waals surface area (Å²) in [5, 5.41) is 5.85. The third-order valence-corrected chi connectivity index (χ3v) is 10.4. The molecule has 9 nitrogen and oxygen atoms in total. The number of likely N-dealkylation sites (tertiary alicyclic amines) is 1. The molecule has 208 valence electrons. The normalized spacial score (nSPS) is 35.0. The summed E-state index contributed by atoms with van der Waals surface area (Å²) in [5.74, 6) is 3.17. The topological polar surface area (TPSA) is 108 Å². The van der Waals surface area contributed by atoms with Crippen molar-refractivity contribution in [2.45, 2.75) is 82.5 Å². The van der Waals surface area contributed by atoms with Gasteiger partial charge in [0.2, 0.25) is 17.7 Å². The number of hydrogen-bond donors (Lipinski definition) is 2. The average molecular weight is 535 g/mol. The Morgan fingerprint density at radius 3 is 2.79 bits per heavy atom. The van der Waals surface area contributed by atoms with E-state index in [2.05, 4.69) is 15.5 Å². The van der Waals surface area contributed by atoms with Crippen molar-refractivity contribution in [3.8, 4) is 5.75 Å². The van der Waals surface area contributed by atoms with E-state index in [1.807, 2.05) is 12.1 Å². The molecule has 39 heavy (non-hydrogen) atoms. The lowest BCUT2D eigenvalue weighted by Crippen LogP contribution is -2.52. The van der Waals surface area contributed by atoms with Crippen LogP contribution in [0.2, 0.25) is 0 Å². The molecule has 4 saturated carbocycles. The van der Waals surface area contributed by atoms with Crippen molar-refractivity contribution in [3.63, 3.8) is 0 Å². The van der Waals surface area contributed by atoms with E-state index in [1.165, 1.54) is 25.7 Å². The van der Waals surface area contributed by atoms with Gasteiger partial charge in [0.05, 0.1) is 19.2 Å². The second kappa shape index (κ2) is 9.91. The van der Waals surface area contributed by atoms with Gasteiger partial charge in [-0.25, -0.2) is 0 Å². The van der Waals surface area contributed by atoms with Crippen molar-refractivity contribution in [3.05, 3.63) is 29.3 Å². The fraction of sp³-hybridized carbons (Fsp3) is 0.667. The minimum Gasteiger partial charge on any atom is -0.493 e. The molecular formula is C30H38N4O5. The smallest absolute Gasteiger partial charge is 0.255 e. The van der Waals surface area contributed by atoms with Crippen LogP contribution in [0.3, 0.4) is 0 Å². The molecule has 7 atom stereocenters. The zero-order valence-electron chi connectivity index (χ0n) is 22.4. The van der Waals surface area contributed by atoms with Crippen molar-refractivity contribution in [2.75, 3.05) is 19.7 Å². The Morgan fingerprint density at radius 2 is 1.95 bits per heavy atom. The summed E-state index contributed by atoms with van der Waals surface area (Å²) in [5.41, 5.74) is 1.35. The van der Waals surface area contributed by atoms with Crippen LogP contribution in [0, 0.1) is 23.7 Å². The predicted molar refractivity (Wildman–Crippen MR) is 142 cm³/mol. The van der Waals surface area contributed by atoms with Gasteiger partial charge < -0.3 is 15.0 Å². The number of carbonyl (C=O) groups is 4. The molecule has 3 aliphatic heterocycles. The van der Waals surface area contributed by atoms with E-state index in [4.69, 9.17) is 4.74 Å². The molecule has 4 amide bonds. The molecule has 1 aromatic rings. The molecular weight excluding hydrogens is 496 g/mol. The average Bonchev–Trinajstić information content (AvgIpc) is 3.65. The SMILES string of the molecule is O=C1CCC(N2Cc3c(OCCCN4CCCC4C(=O)NC4C5CC6CC(C5)C4C6)cccc3C2=O)C(=O)N1. The number of hydrogen-bond acceptors (Lipinski definition) is 6. The Labute approximate surface area is 229 Å². The van der Waals surface area contributed by atoms with Crippen molar-refractivity contribution in [2.24, 2.45) is 23.7 Å². The molecule has 2 N–H and O–H groups in total. The number of piperidine rings is 1. The summed E-state index contributed by atoms with van der Waals surface area (Å²) >= 11 is 0.